The first-order chi connectivity index (χ1) is 29.8. The SMILES string of the molecule is C.CC(C)C[C@H](N)C(=O)OCl.CC/C=C\C/C=C\C/C=C\C/C=C\C/C=C\CCCC(=O)N[C@@H](CC(C)C)C(=O)O.CC/C=C\C/C=C\C/C=C\C/C=C\C/C=C\CCCC(=O)O. The zero-order chi connectivity index (χ0) is 46.9. The van der Waals surface area contributed by atoms with Crippen molar-refractivity contribution in [1.82, 2.24) is 5.32 Å². The van der Waals surface area contributed by atoms with E-state index in [0.29, 0.717) is 25.2 Å². The van der Waals surface area contributed by atoms with Crippen molar-refractivity contribution in [3.05, 3.63) is 122 Å². The van der Waals surface area contributed by atoms with Gasteiger partial charge in [0.2, 0.25) is 5.91 Å². The van der Waals surface area contributed by atoms with Crippen molar-refractivity contribution in [3.8, 4) is 0 Å². The lowest BCUT2D eigenvalue weighted by atomic mass is 10.0. The number of rotatable bonds is 33. The maximum atomic E-state index is 11.9. The molecule has 9 nitrogen and oxygen atoms in total. The first-order valence-corrected chi connectivity index (χ1v) is 22.9. The monoisotopic (exact) mass is 899 g/mol. The van der Waals surface area contributed by atoms with Crippen LogP contribution in [0.4, 0.5) is 0 Å². The number of carboxylic acids is 2. The molecule has 10 heteroatoms. The summed E-state index contributed by atoms with van der Waals surface area (Å²) in [4.78, 5) is 43.9. The summed E-state index contributed by atoms with van der Waals surface area (Å²) in [6, 6.07) is -1.37. The molecule has 0 aliphatic carbocycles. The van der Waals surface area contributed by atoms with Crippen molar-refractivity contribution < 1.29 is 33.7 Å². The van der Waals surface area contributed by atoms with Gasteiger partial charge in [0.05, 0.1) is 0 Å². The lowest BCUT2D eigenvalue weighted by molar-refractivity contribution is -0.142. The molecule has 358 valence electrons. The Balaban J connectivity index is -0.000000460. The molecule has 0 aliphatic rings. The Morgan fingerprint density at radius 3 is 1.14 bits per heavy atom. The number of amides is 1. The minimum absolute atomic E-state index is 0. The van der Waals surface area contributed by atoms with Crippen LogP contribution in [0.3, 0.4) is 0 Å². The predicted molar refractivity (Wildman–Crippen MR) is 269 cm³/mol. The molecule has 0 radical (unpaired) electrons. The van der Waals surface area contributed by atoms with Crippen molar-refractivity contribution >= 4 is 35.7 Å². The van der Waals surface area contributed by atoms with Gasteiger partial charge in [-0.15, -0.1) is 0 Å². The molecule has 0 aromatic heterocycles. The number of halogens is 1. The second kappa shape index (κ2) is 51.9. The summed E-state index contributed by atoms with van der Waals surface area (Å²) in [7, 11) is 0. The van der Waals surface area contributed by atoms with Gasteiger partial charge in [0, 0.05) is 12.8 Å². The number of carbonyl (C=O) groups is 4. The summed E-state index contributed by atoms with van der Waals surface area (Å²) in [5, 5.41) is 20.3. The van der Waals surface area contributed by atoms with E-state index in [1.54, 1.807) is 0 Å². The Bertz CT molecular complexity index is 1420. The second-order valence-corrected chi connectivity index (χ2v) is 15.5. The molecule has 0 unspecified atom stereocenters. The molecule has 5 N–H and O–H groups in total. The molecule has 0 heterocycles. The van der Waals surface area contributed by atoms with Crippen molar-refractivity contribution in [2.24, 2.45) is 17.6 Å². The van der Waals surface area contributed by atoms with Gasteiger partial charge in [0.15, 0.2) is 0 Å². The molecule has 2 atom stereocenters. The highest BCUT2D eigenvalue weighted by atomic mass is 35.5. The fraction of sp³-hybridized carbons (Fsp3) is 0.547. The molecule has 0 bridgehead atoms. The molecule has 0 rings (SSSR count). The van der Waals surface area contributed by atoms with Crippen LogP contribution in [0.25, 0.3) is 0 Å². The number of carboxylic acid groups (broad SMARTS) is 2. The number of allylic oxidation sites excluding steroid dienone is 20. The molecule has 0 aromatic carbocycles. The molecule has 0 saturated carbocycles. The highest BCUT2D eigenvalue weighted by Gasteiger charge is 2.20. The van der Waals surface area contributed by atoms with E-state index in [9.17, 15) is 19.2 Å². The van der Waals surface area contributed by atoms with Crippen LogP contribution in [0.5, 0.6) is 0 Å². The van der Waals surface area contributed by atoms with Gasteiger partial charge < -0.3 is 25.6 Å². The number of carbonyl (C=O) groups excluding carboxylic acids is 2. The Morgan fingerprint density at radius 1 is 0.540 bits per heavy atom. The lowest BCUT2D eigenvalue weighted by Gasteiger charge is -2.16. The third-order valence-electron chi connectivity index (χ3n) is 8.30. The van der Waals surface area contributed by atoms with Gasteiger partial charge in [-0.2, -0.15) is 0 Å². The Labute approximate surface area is 389 Å². The quantitative estimate of drug-likeness (QED) is 0.0375. The van der Waals surface area contributed by atoms with Crippen LogP contribution in [0.2, 0.25) is 0 Å². The maximum absolute atomic E-state index is 11.9. The molecule has 0 spiro atoms. The number of hydrogen-bond acceptors (Lipinski definition) is 6. The van der Waals surface area contributed by atoms with E-state index >= 15 is 0 Å². The van der Waals surface area contributed by atoms with Crippen LogP contribution >= 0.6 is 11.9 Å². The van der Waals surface area contributed by atoms with E-state index in [-0.39, 0.29) is 25.7 Å². The van der Waals surface area contributed by atoms with Gasteiger partial charge in [-0.25, -0.2) is 9.59 Å². The lowest BCUT2D eigenvalue weighted by Crippen LogP contribution is -2.41. The Hall–Kier alpha value is -4.47. The summed E-state index contributed by atoms with van der Waals surface area (Å²) in [6.07, 6.45) is 57.9. The molecular formula is C53H87ClN2O7. The van der Waals surface area contributed by atoms with E-state index in [1.807, 2.05) is 27.7 Å². The third-order valence-corrected chi connectivity index (χ3v) is 8.45. The van der Waals surface area contributed by atoms with Crippen molar-refractivity contribution in [1.29, 1.82) is 0 Å². The van der Waals surface area contributed by atoms with Gasteiger partial charge in [-0.05, 0) is 115 Å². The van der Waals surface area contributed by atoms with Gasteiger partial charge in [-0.3, -0.25) is 9.59 Å². The number of nitrogens with two attached hydrogens (primary N) is 1. The van der Waals surface area contributed by atoms with E-state index in [4.69, 9.17) is 27.8 Å². The van der Waals surface area contributed by atoms with Gasteiger partial charge in [0.1, 0.15) is 23.9 Å². The summed E-state index contributed by atoms with van der Waals surface area (Å²) in [5.74, 6) is -1.81. The van der Waals surface area contributed by atoms with E-state index in [0.717, 1.165) is 89.9 Å². The van der Waals surface area contributed by atoms with E-state index in [1.165, 1.54) is 0 Å². The summed E-state index contributed by atoms with van der Waals surface area (Å²) in [6.45, 7) is 12.1. The minimum Gasteiger partial charge on any atom is -0.481 e. The average Bonchev–Trinajstić information content (AvgIpc) is 3.22. The van der Waals surface area contributed by atoms with Crippen molar-refractivity contribution in [3.63, 3.8) is 0 Å². The van der Waals surface area contributed by atoms with Crippen LogP contribution in [-0.4, -0.2) is 46.1 Å². The maximum Gasteiger partial charge on any atom is 0.341 e. The fourth-order valence-electron chi connectivity index (χ4n) is 5.11. The van der Waals surface area contributed by atoms with Gasteiger partial charge in [0.25, 0.3) is 0 Å². The number of hydrogen-bond donors (Lipinski definition) is 4. The molecule has 1 amide bonds. The summed E-state index contributed by atoms with van der Waals surface area (Å²) >= 11 is 4.80. The molecule has 63 heavy (non-hydrogen) atoms. The third kappa shape index (κ3) is 57.5. The Morgan fingerprint density at radius 2 is 0.857 bits per heavy atom. The second-order valence-electron chi connectivity index (χ2n) is 15.3. The predicted octanol–water partition coefficient (Wildman–Crippen LogP) is 14.2. The first-order valence-electron chi connectivity index (χ1n) is 22.6. The highest BCUT2D eigenvalue weighted by molar-refractivity contribution is 6.13. The standard InChI is InChI=1S/C26H41NO3.C20H30O2.C6H12ClNO2.CH4/c1-4-5-6-7-8-9-10-11-12-13-14-15-16-17-18-19-20-21-25(28)27-24(26(29)30)22-23(2)3;1-2-3-4-5-6-7-8-9-10-11-12-13-14-15-16-17-18-19-20(21)22;1-4(2)3-5(8)6(9)10-7;/h5-6,8-9,11-12,14-15,17-18,23-24H,4,7,10,13,16,19-22H2,1-3H3,(H,27,28)(H,29,30);3-4,6-7,9-10,12-13,15-16H,2,5,8,11,14,17-19H2,1H3,(H,21,22);4-5H,3,8H2,1-2H3;1H4/b6-5-,9-8-,12-11-,15-14-,18-17-;4-3-,7-6-,10-9-,13-12-,16-15-;;/t24-;;5-;/m0.0./s1. The van der Waals surface area contributed by atoms with Crippen LogP contribution < -0.4 is 11.1 Å². The number of aliphatic carboxylic acids is 2. The normalized spacial score (nSPS) is 13.0. The average molecular weight is 900 g/mol. The summed E-state index contributed by atoms with van der Waals surface area (Å²) < 4.78 is 3.92. The van der Waals surface area contributed by atoms with Gasteiger partial charge >= 0.3 is 17.9 Å². The minimum atomic E-state index is -0.963. The van der Waals surface area contributed by atoms with Crippen molar-refractivity contribution in [2.75, 3.05) is 0 Å². The number of unbranched alkanes of at least 4 members (excludes halogenated alkanes) is 2. The topological polar surface area (TPSA) is 156 Å². The molecular weight excluding hydrogens is 812 g/mol. The smallest absolute Gasteiger partial charge is 0.341 e. The zero-order valence-electron chi connectivity index (χ0n) is 39.0. The van der Waals surface area contributed by atoms with Crippen molar-refractivity contribution in [2.45, 2.75) is 177 Å². The van der Waals surface area contributed by atoms with E-state index < -0.39 is 30.0 Å². The van der Waals surface area contributed by atoms with Crippen LogP contribution in [-0.2, 0) is 23.5 Å². The highest BCUT2D eigenvalue weighted by Crippen LogP contribution is 2.07. The molecule has 0 fully saturated rings. The molecule has 0 aliphatic heterocycles. The first kappa shape index (κ1) is 65.1. The van der Waals surface area contributed by atoms with Crippen LogP contribution in [0.15, 0.2) is 122 Å². The van der Waals surface area contributed by atoms with Gasteiger partial charge in [-0.1, -0.05) is 170 Å². The number of nitrogens with one attached hydrogen (secondary N) is 1. The summed E-state index contributed by atoms with van der Waals surface area (Å²) in [5.41, 5.74) is 5.37. The zero-order valence-corrected chi connectivity index (χ0v) is 39.7. The fourth-order valence-corrected chi connectivity index (χ4v) is 5.22. The molecule has 0 saturated heterocycles. The largest absolute Gasteiger partial charge is 0.481 e. The van der Waals surface area contributed by atoms with Crippen LogP contribution in [0.1, 0.15) is 165 Å². The van der Waals surface area contributed by atoms with Crippen LogP contribution in [0, 0.1) is 11.8 Å². The molecule has 0 aromatic rings. The van der Waals surface area contributed by atoms with E-state index in [2.05, 4.69) is 145 Å². The Kier molecular flexibility index (Phi) is 53.6.